The lowest BCUT2D eigenvalue weighted by Crippen LogP contribution is -2.42. The van der Waals surface area contributed by atoms with E-state index in [4.69, 9.17) is 0 Å². The summed E-state index contributed by atoms with van der Waals surface area (Å²) in [6, 6.07) is 4.53. The molecule has 1 aliphatic heterocycles. The van der Waals surface area contributed by atoms with Crippen molar-refractivity contribution in [2.75, 3.05) is 16.8 Å². The summed E-state index contributed by atoms with van der Waals surface area (Å²) in [6.45, 7) is 3.14. The van der Waals surface area contributed by atoms with Crippen LogP contribution in [0.1, 0.15) is 29.9 Å². The Hall–Kier alpha value is -3.84. The molecule has 1 unspecified atom stereocenters. The van der Waals surface area contributed by atoms with Crippen molar-refractivity contribution in [1.29, 1.82) is 0 Å². The standard InChI is InChI=1S/C21H20F3N7O3/c1-11-7-15(27-9-14(11)13-3-5-25-16(8-13)21(22,23)24)12(2)28-18-26-6-4-17(29-18)31-10-20(33,34)30-19(31)32/h3-9,12,33-34H,10H2,1-2H3,(H,30,32)(H,26,28,29). The highest BCUT2D eigenvalue weighted by Gasteiger charge is 2.40. The number of hydrogen-bond donors (Lipinski definition) is 4. The number of β-amino-alcohol motifs (C(OH)–C–C–N with tert-alkyl or cyclic N) is 2. The van der Waals surface area contributed by atoms with Gasteiger partial charge in [0, 0.05) is 24.2 Å². The van der Waals surface area contributed by atoms with Crippen molar-refractivity contribution in [3.05, 3.63) is 59.8 Å². The van der Waals surface area contributed by atoms with Crippen LogP contribution in [0.15, 0.2) is 42.9 Å². The fourth-order valence-corrected chi connectivity index (χ4v) is 3.46. The van der Waals surface area contributed by atoms with Gasteiger partial charge >= 0.3 is 12.2 Å². The van der Waals surface area contributed by atoms with Crippen molar-refractivity contribution in [3.63, 3.8) is 0 Å². The highest BCUT2D eigenvalue weighted by molar-refractivity contribution is 5.93. The second-order valence-electron chi connectivity index (χ2n) is 7.79. The van der Waals surface area contributed by atoms with Crippen LogP contribution in [-0.4, -0.2) is 48.6 Å². The van der Waals surface area contributed by atoms with Gasteiger partial charge in [-0.1, -0.05) is 0 Å². The number of rotatable bonds is 5. The van der Waals surface area contributed by atoms with E-state index >= 15 is 0 Å². The van der Waals surface area contributed by atoms with E-state index in [2.05, 4.69) is 25.3 Å². The van der Waals surface area contributed by atoms with E-state index in [0.717, 1.165) is 17.2 Å². The summed E-state index contributed by atoms with van der Waals surface area (Å²) >= 11 is 0. The molecule has 1 aliphatic rings. The molecule has 34 heavy (non-hydrogen) atoms. The van der Waals surface area contributed by atoms with Crippen LogP contribution in [0.5, 0.6) is 0 Å². The lowest BCUT2D eigenvalue weighted by Gasteiger charge is -2.18. The minimum atomic E-state index is -4.55. The molecule has 3 aromatic heterocycles. The van der Waals surface area contributed by atoms with Crippen molar-refractivity contribution >= 4 is 17.8 Å². The quantitative estimate of drug-likeness (QED) is 0.414. The zero-order chi connectivity index (χ0) is 24.7. The molecular weight excluding hydrogens is 455 g/mol. The SMILES string of the molecule is Cc1cc(C(C)Nc2nccc(N3CC(O)(O)NC3=O)n2)ncc1-c1ccnc(C(F)(F)F)c1. The van der Waals surface area contributed by atoms with Gasteiger partial charge in [0.1, 0.15) is 18.1 Å². The fourth-order valence-electron chi connectivity index (χ4n) is 3.46. The minimum Gasteiger partial charge on any atom is -0.347 e. The second kappa shape index (κ2) is 8.50. The van der Waals surface area contributed by atoms with Gasteiger partial charge in [0.2, 0.25) is 5.95 Å². The molecule has 4 heterocycles. The molecule has 3 aromatic rings. The number of nitrogens with one attached hydrogen (secondary N) is 2. The first-order valence-electron chi connectivity index (χ1n) is 10.1. The largest absolute Gasteiger partial charge is 0.433 e. The van der Waals surface area contributed by atoms with Gasteiger partial charge in [-0.2, -0.15) is 18.2 Å². The summed E-state index contributed by atoms with van der Waals surface area (Å²) in [5, 5.41) is 24.3. The Morgan fingerprint density at radius 1 is 1.18 bits per heavy atom. The minimum absolute atomic E-state index is 0.157. The molecule has 10 nitrogen and oxygen atoms in total. The fraction of sp³-hybridized carbons (Fsp3) is 0.286. The van der Waals surface area contributed by atoms with Crippen molar-refractivity contribution in [2.45, 2.75) is 32.0 Å². The van der Waals surface area contributed by atoms with E-state index in [9.17, 15) is 28.2 Å². The van der Waals surface area contributed by atoms with Crippen molar-refractivity contribution in [3.8, 4) is 11.1 Å². The number of pyridine rings is 2. The molecule has 0 bridgehead atoms. The number of aliphatic hydroxyl groups is 2. The van der Waals surface area contributed by atoms with Crippen molar-refractivity contribution in [1.82, 2.24) is 25.3 Å². The first kappa shape index (κ1) is 23.3. The van der Waals surface area contributed by atoms with Crippen molar-refractivity contribution in [2.24, 2.45) is 0 Å². The molecule has 178 valence electrons. The monoisotopic (exact) mass is 475 g/mol. The van der Waals surface area contributed by atoms with Crippen LogP contribution in [-0.2, 0) is 6.18 Å². The highest BCUT2D eigenvalue weighted by atomic mass is 19.4. The number of anilines is 2. The molecule has 13 heteroatoms. The molecule has 1 fully saturated rings. The first-order chi connectivity index (χ1) is 15.9. The first-order valence-corrected chi connectivity index (χ1v) is 10.1. The maximum absolute atomic E-state index is 13.0. The van der Waals surface area contributed by atoms with E-state index in [1.54, 1.807) is 19.9 Å². The number of amides is 2. The summed E-state index contributed by atoms with van der Waals surface area (Å²) < 4.78 is 39.0. The maximum Gasteiger partial charge on any atom is 0.433 e. The van der Waals surface area contributed by atoms with Crippen LogP contribution in [0.3, 0.4) is 0 Å². The number of urea groups is 1. The number of aromatic nitrogens is 4. The Kier molecular flexibility index (Phi) is 5.83. The summed E-state index contributed by atoms with van der Waals surface area (Å²) in [7, 11) is 0. The third-order valence-corrected chi connectivity index (χ3v) is 5.13. The maximum atomic E-state index is 13.0. The number of aryl methyl sites for hydroxylation is 1. The molecular formula is C21H20F3N7O3. The van der Waals surface area contributed by atoms with E-state index in [-0.39, 0.29) is 11.8 Å². The van der Waals surface area contributed by atoms with Gasteiger partial charge < -0.3 is 15.5 Å². The summed E-state index contributed by atoms with van der Waals surface area (Å²) in [5.41, 5.74) is 1.21. The van der Waals surface area contributed by atoms with Crippen LogP contribution in [0.4, 0.5) is 29.7 Å². The Morgan fingerprint density at radius 2 is 1.91 bits per heavy atom. The van der Waals surface area contributed by atoms with Crippen molar-refractivity contribution < 1.29 is 28.2 Å². The Balaban J connectivity index is 1.52. The number of halogens is 3. The number of carbonyl (C=O) groups excluding carboxylic acids is 1. The van der Waals surface area contributed by atoms with E-state index < -0.39 is 36.4 Å². The average molecular weight is 475 g/mol. The number of carbonyl (C=O) groups is 1. The third-order valence-electron chi connectivity index (χ3n) is 5.13. The van der Waals surface area contributed by atoms with E-state index in [0.29, 0.717) is 22.4 Å². The third kappa shape index (κ3) is 4.89. The number of alkyl halides is 3. The normalized spacial score (nSPS) is 16.3. The smallest absolute Gasteiger partial charge is 0.347 e. The molecule has 0 aromatic carbocycles. The predicted octanol–water partition coefficient (Wildman–Crippen LogP) is 2.60. The zero-order valence-electron chi connectivity index (χ0n) is 18.0. The lowest BCUT2D eigenvalue weighted by atomic mass is 10.0. The van der Waals surface area contributed by atoms with Crippen LogP contribution < -0.4 is 15.5 Å². The average Bonchev–Trinajstić information content (AvgIpc) is 3.05. The van der Waals surface area contributed by atoms with E-state index in [1.165, 1.54) is 24.5 Å². The Bertz CT molecular complexity index is 1240. The van der Waals surface area contributed by atoms with Crippen LogP contribution in [0.2, 0.25) is 0 Å². The lowest BCUT2D eigenvalue weighted by molar-refractivity contribution is -0.155. The topological polar surface area (TPSA) is 136 Å². The number of nitrogens with zero attached hydrogens (tertiary/aromatic N) is 5. The van der Waals surface area contributed by atoms with Gasteiger partial charge in [0.15, 0.2) is 0 Å². The van der Waals surface area contributed by atoms with Gasteiger partial charge in [-0.3, -0.25) is 20.2 Å². The zero-order valence-corrected chi connectivity index (χ0v) is 18.0. The molecule has 4 rings (SSSR count). The van der Waals surface area contributed by atoms with Gasteiger partial charge in [-0.05, 0) is 49.2 Å². The van der Waals surface area contributed by atoms with Gasteiger partial charge in [0.05, 0.1) is 11.7 Å². The molecule has 2 amide bonds. The predicted molar refractivity (Wildman–Crippen MR) is 114 cm³/mol. The van der Waals surface area contributed by atoms with Gasteiger partial charge in [-0.25, -0.2) is 9.78 Å². The Morgan fingerprint density at radius 3 is 2.56 bits per heavy atom. The van der Waals surface area contributed by atoms with Crippen LogP contribution in [0, 0.1) is 6.92 Å². The molecule has 0 saturated carbocycles. The summed E-state index contributed by atoms with van der Waals surface area (Å²) in [6.07, 6.45) is -0.538. The molecule has 4 N–H and O–H groups in total. The van der Waals surface area contributed by atoms with Gasteiger partial charge in [0.25, 0.3) is 5.91 Å². The number of hydrogen-bond acceptors (Lipinski definition) is 8. The van der Waals surface area contributed by atoms with Crippen LogP contribution in [0.25, 0.3) is 11.1 Å². The summed E-state index contributed by atoms with van der Waals surface area (Å²) in [4.78, 5) is 29.1. The Labute approximate surface area is 191 Å². The molecule has 0 aliphatic carbocycles. The summed E-state index contributed by atoms with van der Waals surface area (Å²) in [5.74, 6) is -2.04. The highest BCUT2D eigenvalue weighted by Crippen LogP contribution is 2.32. The van der Waals surface area contributed by atoms with Crippen LogP contribution >= 0.6 is 0 Å². The van der Waals surface area contributed by atoms with Gasteiger partial charge in [-0.15, -0.1) is 0 Å². The molecule has 0 radical (unpaired) electrons. The molecule has 1 saturated heterocycles. The molecule has 0 spiro atoms. The van der Waals surface area contributed by atoms with E-state index in [1.807, 2.05) is 5.32 Å². The molecule has 1 atom stereocenters. The second-order valence-corrected chi connectivity index (χ2v) is 7.79.